The Morgan fingerprint density at radius 1 is 1.47 bits per heavy atom. The maximum atomic E-state index is 10.8. The fourth-order valence-electron chi connectivity index (χ4n) is 3.07. The summed E-state index contributed by atoms with van der Waals surface area (Å²) in [6.07, 6.45) is 9.27. The van der Waals surface area contributed by atoms with Gasteiger partial charge in [-0.3, -0.25) is 4.40 Å². The van der Waals surface area contributed by atoms with Crippen LogP contribution < -0.4 is 0 Å². The molecule has 1 unspecified atom stereocenters. The molecule has 5 heteroatoms. The molecule has 4 nitrogen and oxygen atoms in total. The average molecular weight is 280 g/mol. The molecule has 1 aliphatic rings. The monoisotopic (exact) mass is 280 g/mol. The van der Waals surface area contributed by atoms with Gasteiger partial charge in [0.1, 0.15) is 11.2 Å². The lowest BCUT2D eigenvalue weighted by molar-refractivity contribution is 0.0776. The van der Waals surface area contributed by atoms with Gasteiger partial charge < -0.3 is 9.84 Å². The van der Waals surface area contributed by atoms with Gasteiger partial charge in [-0.2, -0.15) is 0 Å². The minimum Gasteiger partial charge on any atom is -0.387 e. The summed E-state index contributed by atoms with van der Waals surface area (Å²) < 4.78 is 7.30. The summed E-state index contributed by atoms with van der Waals surface area (Å²) in [5, 5.41) is 10.8. The van der Waals surface area contributed by atoms with Crippen molar-refractivity contribution in [3.63, 3.8) is 0 Å². The standard InChI is InChI=1S/C14H20N2O2S/c1-18-8-11-13(16-9-15-7-12(16)19-11)14(17)10-5-3-2-4-6-10/h7,9-10,14,17H,2-6,8H2,1H3. The number of nitrogens with zero attached hydrogens (tertiary/aromatic N) is 2. The van der Waals surface area contributed by atoms with Crippen LogP contribution >= 0.6 is 11.3 Å². The molecule has 104 valence electrons. The minimum absolute atomic E-state index is 0.379. The first-order valence-electron chi connectivity index (χ1n) is 6.92. The summed E-state index contributed by atoms with van der Waals surface area (Å²) in [5.41, 5.74) is 0.992. The van der Waals surface area contributed by atoms with Crippen LogP contribution in [-0.4, -0.2) is 21.6 Å². The molecule has 0 bridgehead atoms. The highest BCUT2D eigenvalue weighted by molar-refractivity contribution is 7.17. The molecule has 0 radical (unpaired) electrons. The zero-order valence-electron chi connectivity index (χ0n) is 11.2. The summed E-state index contributed by atoms with van der Waals surface area (Å²) in [6.45, 7) is 0.561. The van der Waals surface area contributed by atoms with E-state index in [-0.39, 0.29) is 0 Å². The Morgan fingerprint density at radius 2 is 2.26 bits per heavy atom. The smallest absolute Gasteiger partial charge is 0.120 e. The number of rotatable bonds is 4. The Morgan fingerprint density at radius 3 is 3.00 bits per heavy atom. The van der Waals surface area contributed by atoms with E-state index in [0.717, 1.165) is 28.2 Å². The van der Waals surface area contributed by atoms with E-state index in [1.54, 1.807) is 24.8 Å². The quantitative estimate of drug-likeness (QED) is 0.935. The first-order chi connectivity index (χ1) is 9.31. The molecular formula is C14H20N2O2S. The maximum Gasteiger partial charge on any atom is 0.120 e. The number of aromatic nitrogens is 2. The van der Waals surface area contributed by atoms with E-state index in [0.29, 0.717) is 12.5 Å². The molecule has 2 aromatic rings. The SMILES string of the molecule is COCc1sc2cncn2c1C(O)C1CCCCC1. The Balaban J connectivity index is 1.96. The number of methoxy groups -OCH3 is 1. The molecule has 0 aliphatic heterocycles. The lowest BCUT2D eigenvalue weighted by atomic mass is 9.84. The van der Waals surface area contributed by atoms with E-state index in [1.165, 1.54) is 19.3 Å². The maximum absolute atomic E-state index is 10.8. The van der Waals surface area contributed by atoms with E-state index in [2.05, 4.69) is 4.98 Å². The average Bonchev–Trinajstić information content (AvgIpc) is 3.00. The van der Waals surface area contributed by atoms with Crippen LogP contribution in [-0.2, 0) is 11.3 Å². The molecule has 19 heavy (non-hydrogen) atoms. The Bertz CT molecular complexity index is 543. The number of ether oxygens (including phenoxy) is 1. The third-order valence-electron chi connectivity index (χ3n) is 4.03. The van der Waals surface area contributed by atoms with Gasteiger partial charge in [0.2, 0.25) is 0 Å². The van der Waals surface area contributed by atoms with Gasteiger partial charge in [0.25, 0.3) is 0 Å². The van der Waals surface area contributed by atoms with E-state index in [1.807, 2.05) is 10.6 Å². The van der Waals surface area contributed by atoms with E-state index in [4.69, 9.17) is 4.74 Å². The molecule has 0 aromatic carbocycles. The molecule has 1 atom stereocenters. The van der Waals surface area contributed by atoms with Crippen molar-refractivity contribution in [3.8, 4) is 0 Å². The molecule has 1 N–H and O–H groups in total. The van der Waals surface area contributed by atoms with E-state index < -0.39 is 6.10 Å². The van der Waals surface area contributed by atoms with Crippen molar-refractivity contribution in [2.75, 3.05) is 7.11 Å². The summed E-state index contributed by atoms with van der Waals surface area (Å²) in [6, 6.07) is 0. The molecule has 1 saturated carbocycles. The number of thiazole rings is 1. The third-order valence-corrected chi connectivity index (χ3v) is 5.11. The van der Waals surface area contributed by atoms with Gasteiger partial charge in [-0.1, -0.05) is 19.3 Å². The van der Waals surface area contributed by atoms with Gasteiger partial charge in [-0.15, -0.1) is 11.3 Å². The number of hydrogen-bond acceptors (Lipinski definition) is 4. The van der Waals surface area contributed by atoms with Crippen LogP contribution in [0.3, 0.4) is 0 Å². The predicted octanol–water partition coefficient (Wildman–Crippen LogP) is 3.16. The van der Waals surface area contributed by atoms with Crippen molar-refractivity contribution in [2.45, 2.75) is 44.8 Å². The summed E-state index contributed by atoms with van der Waals surface area (Å²) in [7, 11) is 1.70. The Hall–Kier alpha value is -0.910. The zero-order valence-corrected chi connectivity index (χ0v) is 12.0. The van der Waals surface area contributed by atoms with Crippen molar-refractivity contribution in [2.24, 2.45) is 5.92 Å². The second kappa shape index (κ2) is 5.61. The summed E-state index contributed by atoms with van der Waals surface area (Å²) >= 11 is 1.66. The third kappa shape index (κ3) is 2.42. The summed E-state index contributed by atoms with van der Waals surface area (Å²) in [5.74, 6) is 0.379. The van der Waals surface area contributed by atoms with Gasteiger partial charge in [0.05, 0.1) is 29.5 Å². The molecule has 0 amide bonds. The van der Waals surface area contributed by atoms with E-state index in [9.17, 15) is 5.11 Å². The topological polar surface area (TPSA) is 46.8 Å². The van der Waals surface area contributed by atoms with Crippen molar-refractivity contribution in [3.05, 3.63) is 23.1 Å². The van der Waals surface area contributed by atoms with Crippen LogP contribution in [0.5, 0.6) is 0 Å². The van der Waals surface area contributed by atoms with Crippen LogP contribution in [0.4, 0.5) is 0 Å². The van der Waals surface area contributed by atoms with Gasteiger partial charge in [-0.25, -0.2) is 4.98 Å². The van der Waals surface area contributed by atoms with E-state index >= 15 is 0 Å². The highest BCUT2D eigenvalue weighted by Gasteiger charge is 2.28. The first-order valence-corrected chi connectivity index (χ1v) is 7.73. The lowest BCUT2D eigenvalue weighted by Crippen LogP contribution is -2.18. The highest BCUT2D eigenvalue weighted by Crippen LogP contribution is 2.38. The van der Waals surface area contributed by atoms with Gasteiger partial charge in [0.15, 0.2) is 0 Å². The van der Waals surface area contributed by atoms with Crippen molar-refractivity contribution < 1.29 is 9.84 Å². The number of hydrogen-bond donors (Lipinski definition) is 1. The van der Waals surface area contributed by atoms with Crippen LogP contribution in [0.15, 0.2) is 12.5 Å². The molecular weight excluding hydrogens is 260 g/mol. The van der Waals surface area contributed by atoms with Crippen LogP contribution in [0.2, 0.25) is 0 Å². The molecule has 2 heterocycles. The molecule has 0 saturated heterocycles. The first kappa shape index (κ1) is 13.1. The zero-order chi connectivity index (χ0) is 13.2. The minimum atomic E-state index is -0.395. The van der Waals surface area contributed by atoms with Crippen molar-refractivity contribution >= 4 is 16.2 Å². The molecule has 1 aliphatic carbocycles. The number of fused-ring (bicyclic) bond motifs is 1. The fraction of sp³-hybridized carbons (Fsp3) is 0.643. The van der Waals surface area contributed by atoms with Gasteiger partial charge in [0, 0.05) is 7.11 Å². The summed E-state index contributed by atoms with van der Waals surface area (Å²) in [4.78, 5) is 6.38. The number of aliphatic hydroxyl groups is 1. The van der Waals surface area contributed by atoms with Crippen LogP contribution in [0.25, 0.3) is 4.83 Å². The van der Waals surface area contributed by atoms with Crippen molar-refractivity contribution in [1.82, 2.24) is 9.38 Å². The van der Waals surface area contributed by atoms with Crippen LogP contribution in [0, 0.1) is 5.92 Å². The highest BCUT2D eigenvalue weighted by atomic mass is 32.1. The number of imidazole rings is 1. The second-order valence-corrected chi connectivity index (χ2v) is 6.40. The normalized spacial score (nSPS) is 19.1. The molecule has 0 spiro atoms. The predicted molar refractivity (Wildman–Crippen MR) is 75.3 cm³/mol. The largest absolute Gasteiger partial charge is 0.387 e. The van der Waals surface area contributed by atoms with Crippen LogP contribution in [0.1, 0.15) is 48.8 Å². The van der Waals surface area contributed by atoms with Crippen molar-refractivity contribution in [1.29, 1.82) is 0 Å². The van der Waals surface area contributed by atoms with Gasteiger partial charge >= 0.3 is 0 Å². The Labute approximate surface area is 117 Å². The molecule has 2 aromatic heterocycles. The molecule has 3 rings (SSSR count). The number of aliphatic hydroxyl groups excluding tert-OH is 1. The van der Waals surface area contributed by atoms with Gasteiger partial charge in [-0.05, 0) is 18.8 Å². The lowest BCUT2D eigenvalue weighted by Gasteiger charge is -2.27. The Kier molecular flexibility index (Phi) is 3.86. The molecule has 1 fully saturated rings. The second-order valence-electron chi connectivity index (χ2n) is 5.29. The fourth-order valence-corrected chi connectivity index (χ4v) is 4.18.